The highest BCUT2D eigenvalue weighted by Gasteiger charge is 1.94. The Morgan fingerprint density at radius 3 is 2.76 bits per heavy atom. The van der Waals surface area contributed by atoms with E-state index in [0.29, 0.717) is 6.61 Å². The molecule has 0 spiro atoms. The predicted octanol–water partition coefficient (Wildman–Crippen LogP) is 2.39. The van der Waals surface area contributed by atoms with Gasteiger partial charge in [-0.2, -0.15) is 5.10 Å². The molecule has 0 amide bonds. The first-order chi connectivity index (χ1) is 8.38. The number of rotatable bonds is 6. The molecule has 0 unspecified atom stereocenters. The van der Waals surface area contributed by atoms with Crippen molar-refractivity contribution in [2.75, 3.05) is 18.5 Å². The molecule has 0 fully saturated rings. The molecule has 0 aliphatic rings. The molecule has 2 aromatic rings. The molecule has 0 saturated carbocycles. The summed E-state index contributed by atoms with van der Waals surface area (Å²) in [4.78, 5) is 0. The maximum Gasteiger partial charge on any atom is 0.119 e. The quantitative estimate of drug-likeness (QED) is 0.829. The fourth-order valence-corrected chi connectivity index (χ4v) is 1.58. The molecule has 4 nitrogen and oxygen atoms in total. The summed E-state index contributed by atoms with van der Waals surface area (Å²) in [5.74, 6) is 0.908. The maximum absolute atomic E-state index is 5.38. The summed E-state index contributed by atoms with van der Waals surface area (Å²) in [6.45, 7) is 4.40. The largest absolute Gasteiger partial charge is 0.494 e. The smallest absolute Gasteiger partial charge is 0.119 e. The van der Waals surface area contributed by atoms with E-state index in [4.69, 9.17) is 4.74 Å². The molecule has 0 bridgehead atoms. The van der Waals surface area contributed by atoms with Gasteiger partial charge in [-0.1, -0.05) is 0 Å². The van der Waals surface area contributed by atoms with Gasteiger partial charge in [0.05, 0.1) is 13.2 Å². The van der Waals surface area contributed by atoms with Crippen molar-refractivity contribution >= 4 is 5.69 Å². The fourth-order valence-electron chi connectivity index (χ4n) is 1.58. The molecule has 1 aromatic carbocycles. The van der Waals surface area contributed by atoms with Crippen molar-refractivity contribution in [3.63, 3.8) is 0 Å². The average Bonchev–Trinajstić information content (AvgIpc) is 2.85. The summed E-state index contributed by atoms with van der Waals surface area (Å²) in [5, 5.41) is 7.48. The molecular weight excluding hydrogens is 214 g/mol. The lowest BCUT2D eigenvalue weighted by Gasteiger charge is -2.08. The molecular formula is C13H17N3O. The third-order valence-corrected chi connectivity index (χ3v) is 2.39. The van der Waals surface area contributed by atoms with Crippen molar-refractivity contribution in [3.8, 4) is 5.75 Å². The molecule has 0 saturated heterocycles. The lowest BCUT2D eigenvalue weighted by atomic mass is 10.3. The third kappa shape index (κ3) is 3.52. The molecule has 1 aromatic heterocycles. The molecule has 0 radical (unpaired) electrons. The van der Waals surface area contributed by atoms with Crippen LogP contribution in [0.4, 0.5) is 5.69 Å². The molecule has 4 heteroatoms. The molecule has 2 rings (SSSR count). The van der Waals surface area contributed by atoms with Crippen LogP contribution in [-0.2, 0) is 6.54 Å². The van der Waals surface area contributed by atoms with E-state index in [0.717, 1.165) is 24.5 Å². The first-order valence-corrected chi connectivity index (χ1v) is 5.82. The van der Waals surface area contributed by atoms with Gasteiger partial charge in [0.1, 0.15) is 5.75 Å². The van der Waals surface area contributed by atoms with E-state index in [1.807, 2.05) is 48.1 Å². The van der Waals surface area contributed by atoms with Crippen LogP contribution in [0.5, 0.6) is 5.75 Å². The first-order valence-electron chi connectivity index (χ1n) is 5.82. The topological polar surface area (TPSA) is 39.1 Å². The minimum atomic E-state index is 0.700. The molecule has 1 heterocycles. The number of hydrogen-bond donors (Lipinski definition) is 1. The zero-order chi connectivity index (χ0) is 11.9. The van der Waals surface area contributed by atoms with Gasteiger partial charge in [0.15, 0.2) is 0 Å². The Bertz CT molecular complexity index is 422. The van der Waals surface area contributed by atoms with Crippen molar-refractivity contribution in [3.05, 3.63) is 42.7 Å². The van der Waals surface area contributed by atoms with Gasteiger partial charge in [-0.05, 0) is 37.3 Å². The fraction of sp³-hybridized carbons (Fsp3) is 0.308. The Morgan fingerprint density at radius 1 is 1.29 bits per heavy atom. The van der Waals surface area contributed by atoms with Crippen LogP contribution < -0.4 is 10.1 Å². The Kier molecular flexibility index (Phi) is 4.02. The Morgan fingerprint density at radius 2 is 2.12 bits per heavy atom. The van der Waals surface area contributed by atoms with Crippen LogP contribution >= 0.6 is 0 Å². The van der Waals surface area contributed by atoms with Gasteiger partial charge in [-0.25, -0.2) is 0 Å². The summed E-state index contributed by atoms with van der Waals surface area (Å²) in [6.07, 6.45) is 3.75. The lowest BCUT2D eigenvalue weighted by Crippen LogP contribution is -2.10. The standard InChI is InChI=1S/C13H17N3O/c1-2-17-13-6-4-12(5-7-13)14-9-11-16-10-3-8-15-16/h3-8,10,14H,2,9,11H2,1H3. The zero-order valence-corrected chi connectivity index (χ0v) is 9.97. The second-order valence-corrected chi connectivity index (χ2v) is 3.65. The zero-order valence-electron chi connectivity index (χ0n) is 9.97. The minimum Gasteiger partial charge on any atom is -0.494 e. The van der Waals surface area contributed by atoms with E-state index in [2.05, 4.69) is 10.4 Å². The molecule has 0 aliphatic carbocycles. The number of benzene rings is 1. The summed E-state index contributed by atoms with van der Waals surface area (Å²) >= 11 is 0. The maximum atomic E-state index is 5.38. The highest BCUT2D eigenvalue weighted by atomic mass is 16.5. The second-order valence-electron chi connectivity index (χ2n) is 3.65. The third-order valence-electron chi connectivity index (χ3n) is 2.39. The van der Waals surface area contributed by atoms with E-state index in [9.17, 15) is 0 Å². The van der Waals surface area contributed by atoms with Gasteiger partial charge in [0, 0.05) is 24.6 Å². The number of nitrogens with zero attached hydrogens (tertiary/aromatic N) is 2. The van der Waals surface area contributed by atoms with Crippen LogP contribution in [0.25, 0.3) is 0 Å². The van der Waals surface area contributed by atoms with Gasteiger partial charge >= 0.3 is 0 Å². The monoisotopic (exact) mass is 231 g/mol. The molecule has 17 heavy (non-hydrogen) atoms. The molecule has 90 valence electrons. The van der Waals surface area contributed by atoms with Crippen molar-refractivity contribution in [2.45, 2.75) is 13.5 Å². The summed E-state index contributed by atoms with van der Waals surface area (Å²) in [6, 6.07) is 9.92. The van der Waals surface area contributed by atoms with Crippen LogP contribution in [-0.4, -0.2) is 22.9 Å². The van der Waals surface area contributed by atoms with Crippen LogP contribution in [0, 0.1) is 0 Å². The Balaban J connectivity index is 1.79. The van der Waals surface area contributed by atoms with Crippen molar-refractivity contribution < 1.29 is 4.74 Å². The van der Waals surface area contributed by atoms with Crippen LogP contribution in [0.15, 0.2) is 42.7 Å². The van der Waals surface area contributed by atoms with E-state index in [1.54, 1.807) is 6.20 Å². The average molecular weight is 231 g/mol. The molecule has 0 atom stereocenters. The predicted molar refractivity (Wildman–Crippen MR) is 68.3 cm³/mol. The number of anilines is 1. The van der Waals surface area contributed by atoms with Crippen LogP contribution in [0.2, 0.25) is 0 Å². The van der Waals surface area contributed by atoms with E-state index in [1.165, 1.54) is 0 Å². The van der Waals surface area contributed by atoms with E-state index >= 15 is 0 Å². The van der Waals surface area contributed by atoms with Gasteiger partial charge < -0.3 is 10.1 Å². The summed E-state index contributed by atoms with van der Waals surface area (Å²) in [5.41, 5.74) is 1.10. The first kappa shape index (κ1) is 11.5. The molecule has 1 N–H and O–H groups in total. The number of hydrogen-bond acceptors (Lipinski definition) is 3. The molecule has 0 aliphatic heterocycles. The highest BCUT2D eigenvalue weighted by molar-refractivity contribution is 5.46. The van der Waals surface area contributed by atoms with Crippen molar-refractivity contribution in [1.82, 2.24) is 9.78 Å². The second kappa shape index (κ2) is 5.94. The highest BCUT2D eigenvalue weighted by Crippen LogP contribution is 2.15. The van der Waals surface area contributed by atoms with Crippen LogP contribution in [0.3, 0.4) is 0 Å². The number of ether oxygens (including phenoxy) is 1. The van der Waals surface area contributed by atoms with Gasteiger partial charge in [0.2, 0.25) is 0 Å². The van der Waals surface area contributed by atoms with E-state index < -0.39 is 0 Å². The van der Waals surface area contributed by atoms with Gasteiger partial charge in [0.25, 0.3) is 0 Å². The number of nitrogens with one attached hydrogen (secondary N) is 1. The number of aromatic nitrogens is 2. The normalized spacial score (nSPS) is 10.2. The lowest BCUT2D eigenvalue weighted by molar-refractivity contribution is 0.340. The SMILES string of the molecule is CCOc1ccc(NCCn2cccn2)cc1. The summed E-state index contributed by atoms with van der Waals surface area (Å²) in [7, 11) is 0. The van der Waals surface area contributed by atoms with Gasteiger partial charge in [-0.3, -0.25) is 4.68 Å². The Hall–Kier alpha value is -1.97. The Labute approximate surface area is 101 Å². The van der Waals surface area contributed by atoms with Crippen molar-refractivity contribution in [2.24, 2.45) is 0 Å². The van der Waals surface area contributed by atoms with Crippen LogP contribution in [0.1, 0.15) is 6.92 Å². The summed E-state index contributed by atoms with van der Waals surface area (Å²) < 4.78 is 7.29. The van der Waals surface area contributed by atoms with Crippen molar-refractivity contribution in [1.29, 1.82) is 0 Å². The minimum absolute atomic E-state index is 0.700. The van der Waals surface area contributed by atoms with E-state index in [-0.39, 0.29) is 0 Å². The van der Waals surface area contributed by atoms with Gasteiger partial charge in [-0.15, -0.1) is 0 Å².